The van der Waals surface area contributed by atoms with Gasteiger partial charge in [-0.25, -0.2) is 0 Å². The van der Waals surface area contributed by atoms with E-state index in [-0.39, 0.29) is 17.1 Å². The number of nitrogens with two attached hydrogens (primary N) is 1. The Morgan fingerprint density at radius 2 is 1.76 bits per heavy atom. The maximum absolute atomic E-state index is 10.8. The van der Waals surface area contributed by atoms with Crippen LogP contribution >= 0.6 is 0 Å². The number of nitro benzene ring substituents is 1. The van der Waals surface area contributed by atoms with Crippen molar-refractivity contribution < 1.29 is 9.66 Å². The molecule has 0 bridgehead atoms. The van der Waals surface area contributed by atoms with Crippen LogP contribution in [0, 0.1) is 10.1 Å². The second-order valence-corrected chi connectivity index (χ2v) is 3.37. The topological polar surface area (TPSA) is 78.4 Å². The van der Waals surface area contributed by atoms with E-state index in [0.717, 1.165) is 0 Å². The first-order chi connectivity index (χ1) is 8.18. The molecule has 5 heteroatoms. The number of nitrogen functional groups attached to an aromatic ring is 1. The van der Waals surface area contributed by atoms with E-state index < -0.39 is 4.92 Å². The molecule has 0 aliphatic heterocycles. The molecule has 0 aliphatic rings. The van der Waals surface area contributed by atoms with Gasteiger partial charge < -0.3 is 10.5 Å². The zero-order chi connectivity index (χ0) is 12.3. The highest BCUT2D eigenvalue weighted by Crippen LogP contribution is 2.36. The van der Waals surface area contributed by atoms with E-state index in [4.69, 9.17) is 10.5 Å². The van der Waals surface area contributed by atoms with Gasteiger partial charge in [0.15, 0.2) is 0 Å². The molecule has 0 unspecified atom stereocenters. The molecule has 2 aromatic carbocycles. The molecule has 2 N–H and O–H groups in total. The molecule has 0 heterocycles. The smallest absolute Gasteiger partial charge is 0.313 e. The quantitative estimate of drug-likeness (QED) is 0.499. The Morgan fingerprint density at radius 3 is 2.41 bits per heavy atom. The van der Waals surface area contributed by atoms with Gasteiger partial charge >= 0.3 is 5.69 Å². The van der Waals surface area contributed by atoms with Gasteiger partial charge in [0, 0.05) is 6.07 Å². The van der Waals surface area contributed by atoms with Crippen molar-refractivity contribution >= 4 is 11.4 Å². The molecular formula is C12H10N2O3. The van der Waals surface area contributed by atoms with E-state index in [1.807, 2.05) is 6.07 Å². The number of para-hydroxylation sites is 2. The highest BCUT2D eigenvalue weighted by atomic mass is 16.6. The molecule has 0 fully saturated rings. The van der Waals surface area contributed by atoms with Crippen molar-refractivity contribution in [3.63, 3.8) is 0 Å². The number of rotatable bonds is 3. The molecule has 2 rings (SSSR count). The van der Waals surface area contributed by atoms with Crippen LogP contribution in [0.2, 0.25) is 0 Å². The number of ether oxygens (including phenoxy) is 1. The summed E-state index contributed by atoms with van der Waals surface area (Å²) >= 11 is 0. The van der Waals surface area contributed by atoms with Crippen LogP contribution in [0.1, 0.15) is 0 Å². The van der Waals surface area contributed by atoms with E-state index in [0.29, 0.717) is 5.75 Å². The Hall–Kier alpha value is -2.56. The summed E-state index contributed by atoms with van der Waals surface area (Å²) in [5.74, 6) is 0.581. The van der Waals surface area contributed by atoms with Crippen LogP contribution in [0.4, 0.5) is 11.4 Å². The van der Waals surface area contributed by atoms with Crippen LogP contribution in [-0.2, 0) is 0 Å². The van der Waals surface area contributed by atoms with Crippen molar-refractivity contribution in [1.82, 2.24) is 0 Å². The predicted molar refractivity (Wildman–Crippen MR) is 64.0 cm³/mol. The monoisotopic (exact) mass is 230 g/mol. The lowest BCUT2D eigenvalue weighted by atomic mass is 10.2. The second kappa shape index (κ2) is 4.52. The molecule has 17 heavy (non-hydrogen) atoms. The molecule has 0 atom stereocenters. The number of benzene rings is 2. The second-order valence-electron chi connectivity index (χ2n) is 3.37. The minimum absolute atomic E-state index is 0.0729. The molecule has 0 aliphatic carbocycles. The van der Waals surface area contributed by atoms with Gasteiger partial charge in [-0.05, 0) is 18.2 Å². The van der Waals surface area contributed by atoms with E-state index >= 15 is 0 Å². The summed E-state index contributed by atoms with van der Waals surface area (Å²) in [6.07, 6.45) is 0. The third kappa shape index (κ3) is 2.34. The largest absolute Gasteiger partial charge is 0.448 e. The first kappa shape index (κ1) is 10.9. The highest BCUT2D eigenvalue weighted by molar-refractivity contribution is 5.64. The number of nitrogens with zero attached hydrogens (tertiary/aromatic N) is 1. The lowest BCUT2D eigenvalue weighted by Crippen LogP contribution is -1.97. The zero-order valence-electron chi connectivity index (χ0n) is 8.87. The van der Waals surface area contributed by atoms with Gasteiger partial charge in [0.05, 0.1) is 10.6 Å². The van der Waals surface area contributed by atoms with Crippen LogP contribution < -0.4 is 10.5 Å². The van der Waals surface area contributed by atoms with Gasteiger partial charge in [0.2, 0.25) is 5.75 Å². The molecule has 0 spiro atoms. The summed E-state index contributed by atoms with van der Waals surface area (Å²) in [5, 5.41) is 10.8. The van der Waals surface area contributed by atoms with Crippen molar-refractivity contribution in [3.05, 3.63) is 58.6 Å². The fourth-order valence-electron chi connectivity index (χ4n) is 1.40. The fourth-order valence-corrected chi connectivity index (χ4v) is 1.40. The predicted octanol–water partition coefficient (Wildman–Crippen LogP) is 2.97. The van der Waals surface area contributed by atoms with Gasteiger partial charge in [-0.3, -0.25) is 10.1 Å². The first-order valence-electron chi connectivity index (χ1n) is 4.94. The Morgan fingerprint density at radius 1 is 1.06 bits per heavy atom. The molecule has 0 saturated carbocycles. The van der Waals surface area contributed by atoms with Crippen molar-refractivity contribution in [2.45, 2.75) is 0 Å². The van der Waals surface area contributed by atoms with E-state index in [2.05, 4.69) is 0 Å². The summed E-state index contributed by atoms with van der Waals surface area (Å²) in [7, 11) is 0. The van der Waals surface area contributed by atoms with E-state index in [1.165, 1.54) is 12.1 Å². The molecule has 0 amide bonds. The third-order valence-electron chi connectivity index (χ3n) is 2.18. The number of hydrogen-bond acceptors (Lipinski definition) is 4. The summed E-state index contributed by atoms with van der Waals surface area (Å²) < 4.78 is 5.43. The first-order valence-corrected chi connectivity index (χ1v) is 4.94. The summed E-state index contributed by atoms with van der Waals surface area (Å²) in [6.45, 7) is 0. The van der Waals surface area contributed by atoms with Crippen molar-refractivity contribution in [2.24, 2.45) is 0 Å². The maximum Gasteiger partial charge on any atom is 0.313 e. The summed E-state index contributed by atoms with van der Waals surface area (Å²) in [5.41, 5.74) is 5.77. The van der Waals surface area contributed by atoms with Gasteiger partial charge in [-0.2, -0.15) is 0 Å². The van der Waals surface area contributed by atoms with Crippen LogP contribution in [0.25, 0.3) is 0 Å². The Labute approximate surface area is 97.6 Å². The normalized spacial score (nSPS) is 9.88. The minimum Gasteiger partial charge on any atom is -0.448 e. The molecule has 0 radical (unpaired) electrons. The average Bonchev–Trinajstić information content (AvgIpc) is 2.33. The Balaban J connectivity index is 2.41. The summed E-state index contributed by atoms with van der Waals surface area (Å²) in [4.78, 5) is 10.3. The van der Waals surface area contributed by atoms with Crippen molar-refractivity contribution in [2.75, 3.05) is 5.73 Å². The number of hydrogen-bond donors (Lipinski definition) is 1. The van der Waals surface area contributed by atoms with E-state index in [9.17, 15) is 10.1 Å². The highest BCUT2D eigenvalue weighted by Gasteiger charge is 2.18. The number of anilines is 1. The molecule has 2 aromatic rings. The van der Waals surface area contributed by atoms with Crippen molar-refractivity contribution in [1.29, 1.82) is 0 Å². The van der Waals surface area contributed by atoms with Gasteiger partial charge in [-0.1, -0.05) is 24.3 Å². The van der Waals surface area contributed by atoms with Crippen LogP contribution in [-0.4, -0.2) is 4.92 Å². The molecule has 86 valence electrons. The average molecular weight is 230 g/mol. The SMILES string of the molecule is Nc1cccc([N+](=O)[O-])c1Oc1ccccc1. The third-order valence-corrected chi connectivity index (χ3v) is 2.18. The molecule has 0 aromatic heterocycles. The van der Waals surface area contributed by atoms with Gasteiger partial charge in [0.25, 0.3) is 0 Å². The fraction of sp³-hybridized carbons (Fsp3) is 0. The van der Waals surface area contributed by atoms with Crippen LogP contribution in [0.15, 0.2) is 48.5 Å². The van der Waals surface area contributed by atoms with E-state index in [1.54, 1.807) is 30.3 Å². The minimum atomic E-state index is -0.519. The standard InChI is InChI=1S/C12H10N2O3/c13-10-7-4-8-11(14(15)16)12(10)17-9-5-2-1-3-6-9/h1-8H,13H2. The lowest BCUT2D eigenvalue weighted by molar-refractivity contribution is -0.385. The molecular weight excluding hydrogens is 220 g/mol. The van der Waals surface area contributed by atoms with Crippen LogP contribution in [0.5, 0.6) is 11.5 Å². The lowest BCUT2D eigenvalue weighted by Gasteiger charge is -2.08. The molecule has 5 nitrogen and oxygen atoms in total. The van der Waals surface area contributed by atoms with Crippen molar-refractivity contribution in [3.8, 4) is 11.5 Å². The Bertz CT molecular complexity index is 541. The van der Waals surface area contributed by atoms with Gasteiger partial charge in [0.1, 0.15) is 5.75 Å². The molecule has 0 saturated heterocycles. The van der Waals surface area contributed by atoms with Gasteiger partial charge in [-0.15, -0.1) is 0 Å². The number of nitro groups is 1. The zero-order valence-corrected chi connectivity index (χ0v) is 8.87. The maximum atomic E-state index is 10.8. The Kier molecular flexibility index (Phi) is 2.91. The van der Waals surface area contributed by atoms with Crippen LogP contribution in [0.3, 0.4) is 0 Å². The summed E-state index contributed by atoms with van der Waals surface area (Å²) in [6, 6.07) is 13.2.